The molecular formula is C80H58N6Si2. The van der Waals surface area contributed by atoms with Crippen LogP contribution in [0.3, 0.4) is 0 Å². The number of benzene rings is 10. The minimum Gasteiger partial charge on any atom is -0.309 e. The van der Waals surface area contributed by atoms with E-state index in [0.29, 0.717) is 0 Å². The SMILES string of the molecule is CC1(C)c2ccccc2N(c2cc3c4ccccc4c(N4c5ccccc5C(C)(C)c5cc6c(cc54)[Si](c4cccnc4)(c4cccnc4)c4ccccc4-6)cc3c3ccccc23)c2cc3c(cc21)-c1ccccc1[Si]3(c1cccnc1)c1cccnc1. The zero-order chi connectivity index (χ0) is 58.7. The third-order valence-corrected chi connectivity index (χ3v) is 30.1. The lowest BCUT2D eigenvalue weighted by atomic mass is 9.72. The zero-order valence-electron chi connectivity index (χ0n) is 49.2. The third kappa shape index (κ3) is 6.65. The van der Waals surface area contributed by atoms with Crippen molar-refractivity contribution >= 4 is 124 Å². The molecule has 0 spiro atoms. The first kappa shape index (κ1) is 50.9. The van der Waals surface area contributed by atoms with Crippen LogP contribution < -0.4 is 51.3 Å². The second kappa shape index (κ2) is 18.6. The van der Waals surface area contributed by atoms with Crippen LogP contribution in [-0.2, 0) is 10.8 Å². The molecule has 14 aromatic rings. The topological polar surface area (TPSA) is 58.0 Å². The highest BCUT2D eigenvalue weighted by atomic mass is 28.3. The van der Waals surface area contributed by atoms with Gasteiger partial charge in [-0.25, -0.2) is 0 Å². The van der Waals surface area contributed by atoms with Crippen molar-refractivity contribution in [2.24, 2.45) is 0 Å². The number of hydrogen-bond acceptors (Lipinski definition) is 6. The average molecular weight is 1160 g/mol. The van der Waals surface area contributed by atoms with Gasteiger partial charge in [-0.05, 0) is 180 Å². The summed E-state index contributed by atoms with van der Waals surface area (Å²) in [6, 6.07) is 87.8. The van der Waals surface area contributed by atoms with E-state index >= 15 is 0 Å². The van der Waals surface area contributed by atoms with Crippen molar-refractivity contribution in [3.05, 3.63) is 302 Å². The Labute approximate surface area is 513 Å². The van der Waals surface area contributed by atoms with E-state index < -0.39 is 16.1 Å². The van der Waals surface area contributed by atoms with E-state index in [0.717, 1.165) is 11.4 Å². The van der Waals surface area contributed by atoms with Crippen LogP contribution >= 0.6 is 0 Å². The predicted molar refractivity (Wildman–Crippen MR) is 369 cm³/mol. The Morgan fingerprint density at radius 2 is 0.602 bits per heavy atom. The summed E-state index contributed by atoms with van der Waals surface area (Å²) in [7, 11) is -5.99. The second-order valence-electron chi connectivity index (χ2n) is 25.3. The molecule has 0 saturated heterocycles. The van der Waals surface area contributed by atoms with Gasteiger partial charge in [0.05, 0.1) is 34.1 Å². The Bertz CT molecular complexity index is 4840. The van der Waals surface area contributed by atoms with Crippen LogP contribution in [0.25, 0.3) is 54.6 Å². The molecule has 8 heteroatoms. The van der Waals surface area contributed by atoms with Gasteiger partial charge in [0.15, 0.2) is 16.1 Å². The van der Waals surface area contributed by atoms with Crippen LogP contribution in [0.15, 0.2) is 280 Å². The summed E-state index contributed by atoms with van der Waals surface area (Å²) >= 11 is 0. The van der Waals surface area contributed by atoms with Crippen LogP contribution in [0.2, 0.25) is 0 Å². The Kier molecular flexibility index (Phi) is 10.7. The molecule has 0 bridgehead atoms. The summed E-state index contributed by atoms with van der Waals surface area (Å²) in [4.78, 5) is 24.6. The molecule has 8 heterocycles. The Morgan fingerprint density at radius 3 is 0.977 bits per heavy atom. The molecule has 88 heavy (non-hydrogen) atoms. The first-order chi connectivity index (χ1) is 43.2. The van der Waals surface area contributed by atoms with Crippen molar-refractivity contribution in [2.75, 3.05) is 9.80 Å². The van der Waals surface area contributed by atoms with Crippen LogP contribution in [0.4, 0.5) is 34.1 Å². The van der Waals surface area contributed by atoms with Gasteiger partial charge < -0.3 is 9.80 Å². The smallest absolute Gasteiger partial charge is 0.184 e. The molecular weight excluding hydrogens is 1100 g/mol. The van der Waals surface area contributed by atoms with E-state index in [2.05, 4.69) is 293 Å². The minimum absolute atomic E-state index is 0.341. The normalized spacial score (nSPS) is 15.6. The third-order valence-electron chi connectivity index (χ3n) is 20.5. The van der Waals surface area contributed by atoms with Crippen molar-refractivity contribution in [1.29, 1.82) is 0 Å². The molecule has 4 aromatic heterocycles. The quantitative estimate of drug-likeness (QED) is 0.122. The number of fused-ring (bicyclic) bond motifs is 15. The summed E-state index contributed by atoms with van der Waals surface area (Å²) in [6.45, 7) is 9.67. The van der Waals surface area contributed by atoms with Gasteiger partial charge in [-0.2, -0.15) is 0 Å². The largest absolute Gasteiger partial charge is 0.309 e. The van der Waals surface area contributed by atoms with Crippen LogP contribution in [-0.4, -0.2) is 36.1 Å². The highest BCUT2D eigenvalue weighted by molar-refractivity contribution is 7.23. The Balaban J connectivity index is 0.912. The molecule has 0 amide bonds. The van der Waals surface area contributed by atoms with Crippen LogP contribution in [0.5, 0.6) is 0 Å². The molecule has 0 N–H and O–H groups in total. The second-order valence-corrected chi connectivity index (χ2v) is 32.8. The zero-order valence-corrected chi connectivity index (χ0v) is 51.2. The van der Waals surface area contributed by atoms with Crippen molar-refractivity contribution in [1.82, 2.24) is 19.9 Å². The lowest BCUT2D eigenvalue weighted by molar-refractivity contribution is 0.632. The average Bonchev–Trinajstić information content (AvgIpc) is 1.36. The molecule has 416 valence electrons. The van der Waals surface area contributed by atoms with Gasteiger partial charge >= 0.3 is 0 Å². The van der Waals surface area contributed by atoms with Crippen molar-refractivity contribution in [3.63, 3.8) is 0 Å². The molecule has 18 rings (SSSR count). The number of aromatic nitrogens is 4. The molecule has 0 aliphatic carbocycles. The summed E-state index contributed by atoms with van der Waals surface area (Å²) < 4.78 is 0. The number of para-hydroxylation sites is 2. The molecule has 0 fully saturated rings. The number of hydrogen-bond donors (Lipinski definition) is 0. The summed E-state index contributed by atoms with van der Waals surface area (Å²) in [5, 5.41) is 17.6. The monoisotopic (exact) mass is 1160 g/mol. The van der Waals surface area contributed by atoms with Gasteiger partial charge in [0.2, 0.25) is 0 Å². The van der Waals surface area contributed by atoms with E-state index in [9.17, 15) is 0 Å². The molecule has 0 radical (unpaired) electrons. The fraction of sp³-hybridized carbons (Fsp3) is 0.0750. The molecule has 0 atom stereocenters. The van der Waals surface area contributed by atoms with Gasteiger partial charge in [-0.1, -0.05) is 185 Å². The fourth-order valence-electron chi connectivity index (χ4n) is 16.7. The van der Waals surface area contributed by atoms with E-state index in [1.54, 1.807) is 0 Å². The maximum atomic E-state index is 4.85. The van der Waals surface area contributed by atoms with E-state index in [1.807, 2.05) is 24.8 Å². The summed E-state index contributed by atoms with van der Waals surface area (Å²) in [6.07, 6.45) is 16.1. The maximum absolute atomic E-state index is 4.85. The van der Waals surface area contributed by atoms with E-state index in [4.69, 9.17) is 19.9 Å². The van der Waals surface area contributed by atoms with E-state index in [1.165, 1.54) is 141 Å². The van der Waals surface area contributed by atoms with Gasteiger partial charge in [0, 0.05) is 71.2 Å². The minimum atomic E-state index is -2.99. The highest BCUT2D eigenvalue weighted by Crippen LogP contribution is 2.58. The maximum Gasteiger partial charge on any atom is 0.184 e. The Hall–Kier alpha value is -10.4. The highest BCUT2D eigenvalue weighted by Gasteiger charge is 2.53. The summed E-state index contributed by atoms with van der Waals surface area (Å²) in [5.74, 6) is 0. The van der Waals surface area contributed by atoms with Crippen molar-refractivity contribution in [2.45, 2.75) is 38.5 Å². The first-order valence-corrected chi connectivity index (χ1v) is 34.6. The summed E-state index contributed by atoms with van der Waals surface area (Å²) in [5.41, 5.74) is 16.7. The van der Waals surface area contributed by atoms with Crippen LogP contribution in [0, 0.1) is 0 Å². The number of rotatable bonds is 6. The van der Waals surface area contributed by atoms with E-state index in [-0.39, 0.29) is 10.8 Å². The number of pyridine rings is 4. The van der Waals surface area contributed by atoms with Crippen molar-refractivity contribution in [3.8, 4) is 22.3 Å². The lowest BCUT2D eigenvalue weighted by Gasteiger charge is -2.44. The molecule has 6 nitrogen and oxygen atoms in total. The first-order valence-electron chi connectivity index (χ1n) is 30.6. The predicted octanol–water partition coefficient (Wildman–Crippen LogP) is 13.7. The fourth-order valence-corrected chi connectivity index (χ4v) is 26.7. The van der Waals surface area contributed by atoms with Gasteiger partial charge in [0.25, 0.3) is 0 Å². The molecule has 4 aliphatic heterocycles. The molecule has 4 aliphatic rings. The van der Waals surface area contributed by atoms with Gasteiger partial charge in [0.1, 0.15) is 0 Å². The van der Waals surface area contributed by atoms with Crippen LogP contribution in [0.1, 0.15) is 49.9 Å². The van der Waals surface area contributed by atoms with Crippen molar-refractivity contribution < 1.29 is 0 Å². The number of nitrogens with zero attached hydrogens (tertiary/aromatic N) is 6. The number of anilines is 6. The standard InChI is InChI=1S/C80H58N6Si2/c1-79(2)65-31-11-13-33-69(65)85(73-45-77-63(41-67(73)79)59-29-9-15-35-75(59)87(77,51-21-17-37-81-47-51)52-22-18-38-82-48-52)71-43-61-56-26-6-8-28-58(56)72(44-62(61)55-25-5-7-27-57(55)71)86-70-34-14-12-32-66(70)80(3,4)68-42-64-60-30-10-16-36-76(60)88(78(64)46-74(68)86,53-23-19-39-83-49-53)54-24-20-40-84-50-54/h5-50H,1-4H3. The molecule has 10 aromatic carbocycles. The van der Waals surface area contributed by atoms with Gasteiger partial charge in [-0.15, -0.1) is 0 Å². The lowest BCUT2D eigenvalue weighted by Crippen LogP contribution is -2.73. The molecule has 0 saturated carbocycles. The Morgan fingerprint density at radius 1 is 0.261 bits per heavy atom. The molecule has 0 unspecified atom stereocenters. The van der Waals surface area contributed by atoms with Gasteiger partial charge in [-0.3, -0.25) is 19.9 Å².